The number of nitrogens with one attached hydrogen (secondary N) is 1. The minimum atomic E-state index is -0.783. The number of thioether (sulfide) groups is 1. The maximum atomic E-state index is 11.7. The predicted octanol–water partition coefficient (Wildman–Crippen LogP) is 3.38. The van der Waals surface area contributed by atoms with Crippen molar-refractivity contribution in [2.45, 2.75) is 30.2 Å². The largest absolute Gasteiger partial charge is 0.480 e. The Balaban J connectivity index is 2.12. The summed E-state index contributed by atoms with van der Waals surface area (Å²) in [7, 11) is 0. The van der Waals surface area contributed by atoms with E-state index in [1.54, 1.807) is 11.8 Å². The van der Waals surface area contributed by atoms with E-state index in [0.29, 0.717) is 12.3 Å². The average Bonchev–Trinajstić information content (AvgIpc) is 3.20. The number of aliphatic carboxylic acids is 1. The lowest BCUT2D eigenvalue weighted by molar-refractivity contribution is -0.144. The highest BCUT2D eigenvalue weighted by molar-refractivity contribution is 9.10. The first-order valence-corrected chi connectivity index (χ1v) is 8.23. The molecule has 1 aliphatic rings. The van der Waals surface area contributed by atoms with Crippen molar-refractivity contribution in [1.29, 1.82) is 0 Å². The zero-order chi connectivity index (χ0) is 13.9. The Morgan fingerprint density at radius 3 is 2.74 bits per heavy atom. The van der Waals surface area contributed by atoms with Crippen LogP contribution in [0.3, 0.4) is 0 Å². The van der Waals surface area contributed by atoms with E-state index < -0.39 is 11.5 Å². The molecule has 0 heterocycles. The molecule has 0 spiro atoms. The minimum Gasteiger partial charge on any atom is -0.480 e. The number of hydrogen-bond donors (Lipinski definition) is 2. The van der Waals surface area contributed by atoms with Gasteiger partial charge in [-0.15, -0.1) is 11.8 Å². The fourth-order valence-electron chi connectivity index (χ4n) is 2.27. The summed E-state index contributed by atoms with van der Waals surface area (Å²) < 4.78 is 1.02. The van der Waals surface area contributed by atoms with E-state index in [2.05, 4.69) is 21.2 Å². The number of carboxylic acid groups (broad SMARTS) is 1. The van der Waals surface area contributed by atoms with Gasteiger partial charge >= 0.3 is 5.97 Å². The molecular weight excluding hydrogens is 326 g/mol. The van der Waals surface area contributed by atoms with Crippen LogP contribution < -0.4 is 5.32 Å². The van der Waals surface area contributed by atoms with Crippen LogP contribution in [0, 0.1) is 5.92 Å². The van der Waals surface area contributed by atoms with Gasteiger partial charge in [0.25, 0.3) is 0 Å². The van der Waals surface area contributed by atoms with Gasteiger partial charge in [0.2, 0.25) is 0 Å². The molecular formula is C14H18BrNO2S. The van der Waals surface area contributed by atoms with E-state index in [4.69, 9.17) is 0 Å². The minimum absolute atomic E-state index is 0.264. The third-order valence-corrected chi connectivity index (χ3v) is 5.66. The van der Waals surface area contributed by atoms with Gasteiger partial charge in [-0.05, 0) is 53.4 Å². The highest BCUT2D eigenvalue weighted by atomic mass is 79.9. The van der Waals surface area contributed by atoms with E-state index in [1.165, 1.54) is 0 Å². The Morgan fingerprint density at radius 2 is 2.21 bits per heavy atom. The normalized spacial score (nSPS) is 18.0. The molecule has 1 fully saturated rings. The molecule has 2 N–H and O–H groups in total. The number of likely N-dealkylation sites (N-methyl/N-ethyl adjacent to an activating group) is 1. The lowest BCUT2D eigenvalue weighted by atomic mass is 9.96. The molecule has 0 aliphatic heterocycles. The van der Waals surface area contributed by atoms with E-state index >= 15 is 0 Å². The molecule has 1 unspecified atom stereocenters. The second-order valence-corrected chi connectivity index (χ2v) is 6.67. The van der Waals surface area contributed by atoms with Crippen molar-refractivity contribution < 1.29 is 9.90 Å². The number of carboxylic acids is 1. The SMILES string of the molecule is CCNC(CSc1ccccc1Br)(C(=O)O)C1CC1. The average molecular weight is 344 g/mol. The van der Waals surface area contributed by atoms with Crippen LogP contribution in [0.4, 0.5) is 0 Å². The first-order valence-electron chi connectivity index (χ1n) is 6.46. The lowest BCUT2D eigenvalue weighted by Gasteiger charge is -2.30. The van der Waals surface area contributed by atoms with E-state index in [9.17, 15) is 9.90 Å². The Bertz CT molecular complexity index is 465. The Morgan fingerprint density at radius 1 is 1.53 bits per heavy atom. The fraction of sp³-hybridized carbons (Fsp3) is 0.500. The Labute approximate surface area is 126 Å². The van der Waals surface area contributed by atoms with Gasteiger partial charge in [0.15, 0.2) is 0 Å². The highest BCUT2D eigenvalue weighted by Crippen LogP contribution is 2.43. The second-order valence-electron chi connectivity index (χ2n) is 4.80. The van der Waals surface area contributed by atoms with Crippen molar-refractivity contribution in [3.8, 4) is 0 Å². The van der Waals surface area contributed by atoms with Gasteiger partial charge in [0.05, 0.1) is 0 Å². The lowest BCUT2D eigenvalue weighted by Crippen LogP contribution is -2.56. The molecule has 0 aromatic heterocycles. The summed E-state index contributed by atoms with van der Waals surface area (Å²) in [5, 5.41) is 12.8. The molecule has 1 aromatic carbocycles. The predicted molar refractivity (Wildman–Crippen MR) is 81.6 cm³/mol. The van der Waals surface area contributed by atoms with Crippen molar-refractivity contribution in [3.63, 3.8) is 0 Å². The quantitative estimate of drug-likeness (QED) is 0.745. The van der Waals surface area contributed by atoms with Crippen LogP contribution in [0.25, 0.3) is 0 Å². The molecule has 0 saturated heterocycles. The second kappa shape index (κ2) is 6.29. The molecule has 1 aromatic rings. The van der Waals surface area contributed by atoms with Gasteiger partial charge in [-0.25, -0.2) is 0 Å². The van der Waals surface area contributed by atoms with Crippen LogP contribution in [0.1, 0.15) is 19.8 Å². The number of halogens is 1. The highest BCUT2D eigenvalue weighted by Gasteiger charge is 2.50. The molecule has 5 heteroatoms. The van der Waals surface area contributed by atoms with Crippen molar-refractivity contribution in [2.24, 2.45) is 5.92 Å². The Kier molecular flexibility index (Phi) is 4.92. The Hall–Kier alpha value is -0.520. The fourth-order valence-corrected chi connectivity index (χ4v) is 4.12. The molecule has 0 radical (unpaired) electrons. The number of rotatable bonds is 7. The van der Waals surface area contributed by atoms with Crippen molar-refractivity contribution in [2.75, 3.05) is 12.3 Å². The van der Waals surface area contributed by atoms with Crippen molar-refractivity contribution in [1.82, 2.24) is 5.32 Å². The number of carbonyl (C=O) groups is 1. The third kappa shape index (κ3) is 3.33. The van der Waals surface area contributed by atoms with Crippen molar-refractivity contribution in [3.05, 3.63) is 28.7 Å². The summed E-state index contributed by atoms with van der Waals surface area (Å²) in [6.07, 6.45) is 2.02. The van der Waals surface area contributed by atoms with Crippen molar-refractivity contribution >= 4 is 33.7 Å². The summed E-state index contributed by atoms with van der Waals surface area (Å²) in [4.78, 5) is 12.8. The van der Waals surface area contributed by atoms with Crippen LogP contribution in [-0.2, 0) is 4.79 Å². The van der Waals surface area contributed by atoms with E-state index in [-0.39, 0.29) is 5.92 Å². The van der Waals surface area contributed by atoms with Crippen LogP contribution in [0.5, 0.6) is 0 Å². The van der Waals surface area contributed by atoms with Gasteiger partial charge in [-0.1, -0.05) is 19.1 Å². The van der Waals surface area contributed by atoms with Gasteiger partial charge in [-0.2, -0.15) is 0 Å². The first kappa shape index (κ1) is 14.9. The molecule has 1 saturated carbocycles. The van der Waals surface area contributed by atoms with E-state index in [1.807, 2.05) is 31.2 Å². The summed E-state index contributed by atoms with van der Waals surface area (Å²) >= 11 is 5.10. The molecule has 0 bridgehead atoms. The molecule has 1 atom stereocenters. The maximum Gasteiger partial charge on any atom is 0.325 e. The summed E-state index contributed by atoms with van der Waals surface area (Å²) in [5.74, 6) is 0.0973. The number of hydrogen-bond acceptors (Lipinski definition) is 3. The van der Waals surface area contributed by atoms with Gasteiger partial charge < -0.3 is 10.4 Å². The van der Waals surface area contributed by atoms with Crippen LogP contribution in [0.15, 0.2) is 33.6 Å². The first-order chi connectivity index (χ1) is 9.10. The smallest absolute Gasteiger partial charge is 0.325 e. The zero-order valence-electron chi connectivity index (χ0n) is 10.9. The standard InChI is InChI=1S/C14H18BrNO2S/c1-2-16-14(13(17)18,10-7-8-10)9-19-12-6-4-3-5-11(12)15/h3-6,10,16H,2,7-9H2,1H3,(H,17,18). The number of benzene rings is 1. The summed E-state index contributed by atoms with van der Waals surface area (Å²) in [5.41, 5.74) is -0.783. The molecule has 2 rings (SSSR count). The van der Waals surface area contributed by atoms with Crippen LogP contribution in [0.2, 0.25) is 0 Å². The molecule has 0 amide bonds. The molecule has 3 nitrogen and oxygen atoms in total. The molecule has 19 heavy (non-hydrogen) atoms. The van der Waals surface area contributed by atoms with Crippen LogP contribution >= 0.6 is 27.7 Å². The zero-order valence-corrected chi connectivity index (χ0v) is 13.3. The van der Waals surface area contributed by atoms with Gasteiger partial charge in [0, 0.05) is 15.1 Å². The summed E-state index contributed by atoms with van der Waals surface area (Å²) in [6.45, 7) is 2.64. The summed E-state index contributed by atoms with van der Waals surface area (Å²) in [6, 6.07) is 7.93. The monoisotopic (exact) mass is 343 g/mol. The topological polar surface area (TPSA) is 49.3 Å². The third-order valence-electron chi connectivity index (χ3n) is 3.44. The molecule has 1 aliphatic carbocycles. The van der Waals surface area contributed by atoms with Gasteiger partial charge in [0.1, 0.15) is 5.54 Å². The van der Waals surface area contributed by atoms with Crippen LogP contribution in [-0.4, -0.2) is 28.9 Å². The van der Waals surface area contributed by atoms with Gasteiger partial charge in [-0.3, -0.25) is 4.79 Å². The molecule has 104 valence electrons. The maximum absolute atomic E-state index is 11.7. The van der Waals surface area contributed by atoms with E-state index in [0.717, 1.165) is 22.2 Å².